The van der Waals surface area contributed by atoms with Crippen molar-refractivity contribution in [2.24, 2.45) is 0 Å². The molecule has 0 radical (unpaired) electrons. The van der Waals surface area contributed by atoms with Gasteiger partial charge in [0.2, 0.25) is 0 Å². The maximum Gasteiger partial charge on any atom is 0.488 e. The normalized spacial score (nSPS) is 10.4. The van der Waals surface area contributed by atoms with Gasteiger partial charge >= 0.3 is 7.12 Å². The minimum absolute atomic E-state index is 0.507. The summed E-state index contributed by atoms with van der Waals surface area (Å²) in [6, 6.07) is 7.25. The van der Waals surface area contributed by atoms with E-state index in [1.807, 2.05) is 25.3 Å². The van der Waals surface area contributed by atoms with Crippen LogP contribution in [0.5, 0.6) is 0 Å². The van der Waals surface area contributed by atoms with Gasteiger partial charge in [-0.15, -0.1) is 0 Å². The first-order chi connectivity index (χ1) is 7.66. The highest BCUT2D eigenvalue weighted by atomic mass is 16.4. The Morgan fingerprint density at radius 3 is 2.81 bits per heavy atom. The lowest BCUT2D eigenvalue weighted by atomic mass is 9.79. The van der Waals surface area contributed by atoms with Crippen LogP contribution in [-0.2, 0) is 6.54 Å². The number of hydrogen-bond acceptors (Lipinski definition) is 3. The first-order valence-electron chi connectivity index (χ1n) is 5.10. The molecule has 16 heavy (non-hydrogen) atoms. The van der Waals surface area contributed by atoms with E-state index < -0.39 is 7.12 Å². The van der Waals surface area contributed by atoms with Crippen LogP contribution in [0.3, 0.4) is 0 Å². The summed E-state index contributed by atoms with van der Waals surface area (Å²) in [5.41, 5.74) is 2.65. The van der Waals surface area contributed by atoms with E-state index in [4.69, 9.17) is 10.0 Å². The smallest absolute Gasteiger partial charge is 0.423 e. The molecule has 82 valence electrons. The summed E-state index contributed by atoms with van der Waals surface area (Å²) in [5, 5.41) is 22.3. The highest BCUT2D eigenvalue weighted by molar-refractivity contribution is 6.58. The molecule has 2 aromatic rings. The van der Waals surface area contributed by atoms with Gasteiger partial charge in [-0.3, -0.25) is 4.68 Å². The number of rotatable bonds is 3. The highest BCUT2D eigenvalue weighted by Gasteiger charge is 2.12. The van der Waals surface area contributed by atoms with Gasteiger partial charge in [0.1, 0.15) is 0 Å². The molecule has 0 unspecified atom stereocenters. The Bertz CT molecular complexity index is 469. The molecule has 5 heteroatoms. The van der Waals surface area contributed by atoms with Gasteiger partial charge in [0, 0.05) is 12.4 Å². The van der Waals surface area contributed by atoms with E-state index in [1.54, 1.807) is 23.0 Å². The minimum Gasteiger partial charge on any atom is -0.423 e. The molecule has 4 nitrogen and oxygen atoms in total. The van der Waals surface area contributed by atoms with Crippen LogP contribution in [0.2, 0.25) is 0 Å². The maximum atomic E-state index is 9.10. The quantitative estimate of drug-likeness (QED) is 0.705. The van der Waals surface area contributed by atoms with Gasteiger partial charge in [-0.05, 0) is 29.6 Å². The highest BCUT2D eigenvalue weighted by Crippen LogP contribution is 2.07. The molecule has 2 rings (SSSR count). The Kier molecular flexibility index (Phi) is 3.08. The molecule has 0 saturated carbocycles. The lowest BCUT2D eigenvalue weighted by molar-refractivity contribution is 0.425. The summed E-state index contributed by atoms with van der Waals surface area (Å²) in [6.07, 6.45) is 3.60. The first kappa shape index (κ1) is 10.9. The topological polar surface area (TPSA) is 58.3 Å². The molecular formula is C11H13BN2O2. The Hall–Kier alpha value is -1.59. The zero-order chi connectivity index (χ0) is 11.5. The van der Waals surface area contributed by atoms with Crippen molar-refractivity contribution in [3.8, 4) is 0 Å². The molecule has 0 aliphatic carbocycles. The first-order valence-corrected chi connectivity index (χ1v) is 5.10. The van der Waals surface area contributed by atoms with Gasteiger partial charge in [-0.25, -0.2) is 0 Å². The Labute approximate surface area is 94.3 Å². The molecule has 1 aromatic heterocycles. The number of benzene rings is 1. The van der Waals surface area contributed by atoms with Gasteiger partial charge in [0.25, 0.3) is 0 Å². The second kappa shape index (κ2) is 4.51. The minimum atomic E-state index is -1.42. The van der Waals surface area contributed by atoms with Crippen LogP contribution in [0, 0.1) is 6.92 Å². The lowest BCUT2D eigenvalue weighted by Crippen LogP contribution is -2.30. The molecule has 0 saturated heterocycles. The fraction of sp³-hybridized carbons (Fsp3) is 0.182. The van der Waals surface area contributed by atoms with E-state index >= 15 is 0 Å². The number of aryl methyl sites for hydroxylation is 1. The third kappa shape index (κ3) is 2.32. The molecule has 1 heterocycles. The van der Waals surface area contributed by atoms with Crippen molar-refractivity contribution in [1.82, 2.24) is 9.78 Å². The average Bonchev–Trinajstić information content (AvgIpc) is 2.73. The third-order valence-electron chi connectivity index (χ3n) is 2.56. The SMILES string of the molecule is Cc1ccc(B(O)O)cc1Cn1cccn1. The second-order valence-electron chi connectivity index (χ2n) is 3.76. The van der Waals surface area contributed by atoms with Crippen LogP contribution in [0.15, 0.2) is 36.7 Å². The second-order valence-corrected chi connectivity index (χ2v) is 3.76. The van der Waals surface area contributed by atoms with Crippen LogP contribution < -0.4 is 5.46 Å². The van der Waals surface area contributed by atoms with Crippen LogP contribution in [0.1, 0.15) is 11.1 Å². The van der Waals surface area contributed by atoms with Crippen LogP contribution in [0.4, 0.5) is 0 Å². The van der Waals surface area contributed by atoms with Crippen molar-refractivity contribution in [3.05, 3.63) is 47.8 Å². The molecular weight excluding hydrogens is 203 g/mol. The van der Waals surface area contributed by atoms with Gasteiger partial charge in [-0.2, -0.15) is 5.10 Å². The van der Waals surface area contributed by atoms with Crippen LogP contribution >= 0.6 is 0 Å². The van der Waals surface area contributed by atoms with Crippen LogP contribution in [-0.4, -0.2) is 26.9 Å². The van der Waals surface area contributed by atoms with Crippen molar-refractivity contribution >= 4 is 12.6 Å². The van der Waals surface area contributed by atoms with Crippen LogP contribution in [0.25, 0.3) is 0 Å². The summed E-state index contributed by atoms with van der Waals surface area (Å²) in [4.78, 5) is 0. The zero-order valence-corrected chi connectivity index (χ0v) is 9.04. The summed E-state index contributed by atoms with van der Waals surface area (Å²) < 4.78 is 1.80. The van der Waals surface area contributed by atoms with Gasteiger partial charge in [0.05, 0.1) is 6.54 Å². The molecule has 0 fully saturated rings. The van der Waals surface area contributed by atoms with Crippen molar-refractivity contribution in [2.75, 3.05) is 0 Å². The average molecular weight is 216 g/mol. The van der Waals surface area contributed by atoms with Gasteiger partial charge in [0.15, 0.2) is 0 Å². The van der Waals surface area contributed by atoms with Crippen molar-refractivity contribution in [1.29, 1.82) is 0 Å². The fourth-order valence-corrected chi connectivity index (χ4v) is 1.59. The summed E-state index contributed by atoms with van der Waals surface area (Å²) in [5.74, 6) is 0. The van der Waals surface area contributed by atoms with Gasteiger partial charge in [-0.1, -0.05) is 18.2 Å². The van der Waals surface area contributed by atoms with E-state index in [-0.39, 0.29) is 0 Å². The van der Waals surface area contributed by atoms with E-state index in [0.29, 0.717) is 12.0 Å². The summed E-state index contributed by atoms with van der Waals surface area (Å²) >= 11 is 0. The Balaban J connectivity index is 2.29. The largest absolute Gasteiger partial charge is 0.488 e. The molecule has 0 atom stereocenters. The Morgan fingerprint density at radius 2 is 2.19 bits per heavy atom. The summed E-state index contributed by atoms with van der Waals surface area (Å²) in [6.45, 7) is 2.63. The van der Waals surface area contributed by atoms with Crippen molar-refractivity contribution in [2.45, 2.75) is 13.5 Å². The monoisotopic (exact) mass is 216 g/mol. The molecule has 2 N–H and O–H groups in total. The van der Waals surface area contributed by atoms with Gasteiger partial charge < -0.3 is 10.0 Å². The van der Waals surface area contributed by atoms with Crippen molar-refractivity contribution < 1.29 is 10.0 Å². The predicted molar refractivity (Wildman–Crippen MR) is 62.3 cm³/mol. The molecule has 0 bridgehead atoms. The summed E-state index contributed by atoms with van der Waals surface area (Å²) in [7, 11) is -1.42. The number of aromatic nitrogens is 2. The predicted octanol–water partition coefficient (Wildman–Crippen LogP) is -0.0804. The molecule has 1 aromatic carbocycles. The van der Waals surface area contributed by atoms with Crippen molar-refractivity contribution in [3.63, 3.8) is 0 Å². The molecule has 0 spiro atoms. The van der Waals surface area contributed by atoms with E-state index in [1.165, 1.54) is 0 Å². The molecule has 0 aliphatic rings. The zero-order valence-electron chi connectivity index (χ0n) is 9.04. The van der Waals surface area contributed by atoms with E-state index in [0.717, 1.165) is 11.1 Å². The Morgan fingerprint density at radius 1 is 1.38 bits per heavy atom. The molecule has 0 amide bonds. The lowest BCUT2D eigenvalue weighted by Gasteiger charge is -2.08. The van der Waals surface area contributed by atoms with E-state index in [2.05, 4.69) is 5.10 Å². The van der Waals surface area contributed by atoms with E-state index in [9.17, 15) is 0 Å². The maximum absolute atomic E-state index is 9.10. The standard InChI is InChI=1S/C11H13BN2O2/c1-9-3-4-11(12(15)16)7-10(9)8-14-6-2-5-13-14/h2-7,15-16H,8H2,1H3. The number of hydrogen-bond donors (Lipinski definition) is 2. The number of nitrogens with zero attached hydrogens (tertiary/aromatic N) is 2. The third-order valence-corrected chi connectivity index (χ3v) is 2.56. The fourth-order valence-electron chi connectivity index (χ4n) is 1.59. The molecule has 0 aliphatic heterocycles.